The van der Waals surface area contributed by atoms with Crippen molar-refractivity contribution in [1.82, 2.24) is 15.3 Å². The molecule has 1 aromatic heterocycles. The number of nitrogens with zero attached hydrogens (tertiary/aromatic N) is 2. The van der Waals surface area contributed by atoms with Crippen molar-refractivity contribution in [2.24, 2.45) is 0 Å². The molecule has 24 heavy (non-hydrogen) atoms. The molecule has 0 saturated carbocycles. The zero-order valence-electron chi connectivity index (χ0n) is 14.9. The first-order chi connectivity index (χ1) is 11.6. The first kappa shape index (κ1) is 16.9. The summed E-state index contributed by atoms with van der Waals surface area (Å²) in [6.07, 6.45) is 2.79. The Labute approximate surface area is 144 Å². The number of aryl methyl sites for hydroxylation is 1. The van der Waals surface area contributed by atoms with Gasteiger partial charge in [-0.15, -0.1) is 0 Å². The molecule has 0 fully saturated rings. The first-order valence-electron chi connectivity index (χ1n) is 8.92. The van der Waals surface area contributed by atoms with Crippen LogP contribution in [0, 0.1) is 6.92 Å². The third-order valence-electron chi connectivity index (χ3n) is 4.43. The normalized spacial score (nSPS) is 14.3. The monoisotopic (exact) mass is 325 g/mol. The molecule has 0 atom stereocenters. The Morgan fingerprint density at radius 3 is 2.58 bits per heavy atom. The summed E-state index contributed by atoms with van der Waals surface area (Å²) < 4.78 is 6.11. The van der Waals surface area contributed by atoms with Gasteiger partial charge in [0.25, 0.3) is 0 Å². The van der Waals surface area contributed by atoms with Crippen LogP contribution in [0.1, 0.15) is 48.0 Å². The lowest BCUT2D eigenvalue weighted by molar-refractivity contribution is 0.303. The zero-order valence-corrected chi connectivity index (χ0v) is 14.9. The molecule has 1 aliphatic rings. The van der Waals surface area contributed by atoms with Crippen molar-refractivity contribution in [3.05, 3.63) is 52.5 Å². The number of aromatic nitrogens is 2. The number of hydrogen-bond acceptors (Lipinski definition) is 4. The number of nitrogens with one attached hydrogen (secondary N) is 1. The molecule has 0 spiro atoms. The molecule has 1 aromatic carbocycles. The fraction of sp³-hybridized carbons (Fsp3) is 0.500. The van der Waals surface area contributed by atoms with Crippen LogP contribution in [0.25, 0.3) is 0 Å². The van der Waals surface area contributed by atoms with Gasteiger partial charge in [0.2, 0.25) is 5.88 Å². The standard InChI is InChI=1S/C20H27N3O/c1-14(2)19-22-18-9-12-21-11-8-17(18)20(23-19)24-13-10-16-6-4-15(3)5-7-16/h4-7,14,21H,8-13H2,1-3H3. The van der Waals surface area contributed by atoms with Crippen LogP contribution < -0.4 is 10.1 Å². The van der Waals surface area contributed by atoms with Crippen molar-refractivity contribution in [3.8, 4) is 5.88 Å². The van der Waals surface area contributed by atoms with Gasteiger partial charge in [0.1, 0.15) is 5.82 Å². The summed E-state index contributed by atoms with van der Waals surface area (Å²) >= 11 is 0. The Morgan fingerprint density at radius 1 is 1.08 bits per heavy atom. The van der Waals surface area contributed by atoms with Crippen LogP contribution in [0.2, 0.25) is 0 Å². The minimum atomic E-state index is 0.311. The van der Waals surface area contributed by atoms with Gasteiger partial charge in [0.05, 0.1) is 12.3 Å². The molecule has 0 radical (unpaired) electrons. The summed E-state index contributed by atoms with van der Waals surface area (Å²) in [5.41, 5.74) is 4.93. The van der Waals surface area contributed by atoms with Crippen molar-refractivity contribution >= 4 is 0 Å². The molecule has 1 aliphatic heterocycles. The first-order valence-corrected chi connectivity index (χ1v) is 8.92. The van der Waals surface area contributed by atoms with Crippen molar-refractivity contribution in [1.29, 1.82) is 0 Å². The number of rotatable bonds is 5. The van der Waals surface area contributed by atoms with Crippen LogP contribution in [-0.4, -0.2) is 29.7 Å². The molecule has 0 saturated heterocycles. The van der Waals surface area contributed by atoms with E-state index in [0.29, 0.717) is 12.5 Å². The molecule has 4 nitrogen and oxygen atoms in total. The van der Waals surface area contributed by atoms with E-state index in [1.54, 1.807) is 0 Å². The Balaban J connectivity index is 1.75. The average molecular weight is 325 g/mol. The van der Waals surface area contributed by atoms with Gasteiger partial charge in [0.15, 0.2) is 0 Å². The smallest absolute Gasteiger partial charge is 0.220 e. The largest absolute Gasteiger partial charge is 0.477 e. The van der Waals surface area contributed by atoms with Crippen LogP contribution in [0.5, 0.6) is 5.88 Å². The van der Waals surface area contributed by atoms with E-state index >= 15 is 0 Å². The Kier molecular flexibility index (Phi) is 5.46. The lowest BCUT2D eigenvalue weighted by atomic mass is 10.1. The van der Waals surface area contributed by atoms with Gasteiger partial charge in [0, 0.05) is 30.9 Å². The van der Waals surface area contributed by atoms with E-state index in [9.17, 15) is 0 Å². The van der Waals surface area contributed by atoms with Crippen LogP contribution in [0.15, 0.2) is 24.3 Å². The molecule has 0 aliphatic carbocycles. The van der Waals surface area contributed by atoms with Gasteiger partial charge in [-0.25, -0.2) is 4.98 Å². The van der Waals surface area contributed by atoms with E-state index in [4.69, 9.17) is 14.7 Å². The molecule has 4 heteroatoms. The lowest BCUT2D eigenvalue weighted by Crippen LogP contribution is -2.16. The van der Waals surface area contributed by atoms with Gasteiger partial charge in [-0.3, -0.25) is 0 Å². The molecule has 0 amide bonds. The molecule has 2 heterocycles. The predicted molar refractivity (Wildman–Crippen MR) is 96.8 cm³/mol. The SMILES string of the molecule is Cc1ccc(CCOc2nc(C(C)C)nc3c2CCNCC3)cc1. The number of benzene rings is 1. The maximum atomic E-state index is 6.11. The molecule has 2 aromatic rings. The fourth-order valence-electron chi connectivity index (χ4n) is 2.93. The van der Waals surface area contributed by atoms with Crippen LogP contribution in [0.3, 0.4) is 0 Å². The summed E-state index contributed by atoms with van der Waals surface area (Å²) in [6.45, 7) is 8.96. The van der Waals surface area contributed by atoms with E-state index in [1.165, 1.54) is 16.7 Å². The average Bonchev–Trinajstić information content (AvgIpc) is 2.82. The maximum Gasteiger partial charge on any atom is 0.220 e. The van der Waals surface area contributed by atoms with Crippen molar-refractivity contribution in [2.45, 2.75) is 46.0 Å². The van der Waals surface area contributed by atoms with E-state index in [0.717, 1.165) is 49.8 Å². The highest BCUT2D eigenvalue weighted by Gasteiger charge is 2.18. The highest BCUT2D eigenvalue weighted by molar-refractivity contribution is 5.33. The fourth-order valence-corrected chi connectivity index (χ4v) is 2.93. The lowest BCUT2D eigenvalue weighted by Gasteiger charge is -2.15. The number of ether oxygens (including phenoxy) is 1. The van der Waals surface area contributed by atoms with E-state index in [1.807, 2.05) is 0 Å². The zero-order chi connectivity index (χ0) is 16.9. The molecule has 0 bridgehead atoms. The van der Waals surface area contributed by atoms with E-state index in [2.05, 4.69) is 50.4 Å². The van der Waals surface area contributed by atoms with Gasteiger partial charge < -0.3 is 10.1 Å². The second-order valence-corrected chi connectivity index (χ2v) is 6.80. The van der Waals surface area contributed by atoms with Crippen molar-refractivity contribution in [2.75, 3.05) is 19.7 Å². The van der Waals surface area contributed by atoms with Crippen molar-refractivity contribution < 1.29 is 4.74 Å². The molecule has 128 valence electrons. The topological polar surface area (TPSA) is 47.0 Å². The Hall–Kier alpha value is -1.94. The minimum absolute atomic E-state index is 0.311. The Bertz CT molecular complexity index is 680. The third-order valence-corrected chi connectivity index (χ3v) is 4.43. The summed E-state index contributed by atoms with van der Waals surface area (Å²) in [5.74, 6) is 1.99. The van der Waals surface area contributed by atoms with Gasteiger partial charge >= 0.3 is 0 Å². The van der Waals surface area contributed by atoms with E-state index in [-0.39, 0.29) is 0 Å². The van der Waals surface area contributed by atoms with Crippen LogP contribution in [-0.2, 0) is 19.3 Å². The quantitative estimate of drug-likeness (QED) is 0.917. The van der Waals surface area contributed by atoms with Crippen molar-refractivity contribution in [3.63, 3.8) is 0 Å². The van der Waals surface area contributed by atoms with Gasteiger partial charge in [-0.05, 0) is 25.5 Å². The molecular formula is C20H27N3O. The van der Waals surface area contributed by atoms with Crippen LogP contribution in [0.4, 0.5) is 0 Å². The minimum Gasteiger partial charge on any atom is -0.477 e. The summed E-state index contributed by atoms with van der Waals surface area (Å²) in [4.78, 5) is 9.49. The second-order valence-electron chi connectivity index (χ2n) is 6.80. The molecule has 3 rings (SSSR count). The predicted octanol–water partition coefficient (Wildman–Crippen LogP) is 3.22. The highest BCUT2D eigenvalue weighted by atomic mass is 16.5. The molecule has 1 N–H and O–H groups in total. The van der Waals surface area contributed by atoms with Gasteiger partial charge in [-0.2, -0.15) is 4.98 Å². The Morgan fingerprint density at radius 2 is 1.83 bits per heavy atom. The highest BCUT2D eigenvalue weighted by Crippen LogP contribution is 2.24. The van der Waals surface area contributed by atoms with Crippen LogP contribution >= 0.6 is 0 Å². The van der Waals surface area contributed by atoms with Gasteiger partial charge in [-0.1, -0.05) is 43.7 Å². The second kappa shape index (κ2) is 7.75. The summed E-state index contributed by atoms with van der Waals surface area (Å²) in [5, 5.41) is 3.43. The number of fused-ring (bicyclic) bond motifs is 1. The van der Waals surface area contributed by atoms with E-state index < -0.39 is 0 Å². The summed E-state index contributed by atoms with van der Waals surface area (Å²) in [6, 6.07) is 8.63. The number of hydrogen-bond donors (Lipinski definition) is 1. The third kappa shape index (κ3) is 4.12. The maximum absolute atomic E-state index is 6.11. The molecular weight excluding hydrogens is 298 g/mol. The summed E-state index contributed by atoms with van der Waals surface area (Å²) in [7, 11) is 0. The molecule has 0 unspecified atom stereocenters.